The predicted molar refractivity (Wildman–Crippen MR) is 82.6 cm³/mol. The number of halogens is 2. The van der Waals surface area contributed by atoms with E-state index in [1.165, 1.54) is 38.9 Å². The smallest absolute Gasteiger partial charge is 0.167 e. The Morgan fingerprint density at radius 3 is 2.81 bits per heavy atom. The highest BCUT2D eigenvalue weighted by atomic mass is 35.5. The van der Waals surface area contributed by atoms with Crippen LogP contribution in [0.25, 0.3) is 11.0 Å². The molecule has 3 rings (SSSR count). The van der Waals surface area contributed by atoms with Crippen molar-refractivity contribution in [3.8, 4) is 5.75 Å². The van der Waals surface area contributed by atoms with E-state index >= 15 is 0 Å². The Balaban J connectivity index is 2.05. The van der Waals surface area contributed by atoms with Crippen molar-refractivity contribution >= 4 is 22.6 Å². The lowest BCUT2D eigenvalue weighted by molar-refractivity contribution is 0.387. The highest BCUT2D eigenvalue weighted by Crippen LogP contribution is 2.30. The molecule has 21 heavy (non-hydrogen) atoms. The molecule has 1 aliphatic rings. The van der Waals surface area contributed by atoms with E-state index in [4.69, 9.17) is 16.3 Å². The van der Waals surface area contributed by atoms with Crippen molar-refractivity contribution < 1.29 is 9.13 Å². The number of ether oxygens (including phenoxy) is 1. The Kier molecular flexibility index (Phi) is 4.34. The average Bonchev–Trinajstić information content (AvgIpc) is 3.08. The summed E-state index contributed by atoms with van der Waals surface area (Å²) in [4.78, 5) is 4.56. The minimum atomic E-state index is -0.368. The zero-order valence-electron chi connectivity index (χ0n) is 12.2. The second-order valence-electron chi connectivity index (χ2n) is 5.70. The van der Waals surface area contributed by atoms with E-state index < -0.39 is 0 Å². The van der Waals surface area contributed by atoms with Gasteiger partial charge in [0.25, 0.3) is 0 Å². The van der Waals surface area contributed by atoms with Gasteiger partial charge in [-0.1, -0.05) is 12.8 Å². The SMILES string of the molecule is COc1cc2c(cc1F)nc(CCCl)n2CC1CCCC1. The molecule has 1 aromatic heterocycles. The summed E-state index contributed by atoms with van der Waals surface area (Å²) in [6.07, 6.45) is 5.84. The van der Waals surface area contributed by atoms with Gasteiger partial charge in [0.2, 0.25) is 0 Å². The maximum atomic E-state index is 13.9. The van der Waals surface area contributed by atoms with Crippen LogP contribution in [0.3, 0.4) is 0 Å². The minimum absolute atomic E-state index is 0.271. The van der Waals surface area contributed by atoms with E-state index in [2.05, 4.69) is 9.55 Å². The van der Waals surface area contributed by atoms with Gasteiger partial charge in [0, 0.05) is 31.0 Å². The first-order valence-electron chi connectivity index (χ1n) is 7.51. The molecule has 0 N–H and O–H groups in total. The van der Waals surface area contributed by atoms with Crippen LogP contribution in [0, 0.1) is 11.7 Å². The highest BCUT2D eigenvalue weighted by molar-refractivity contribution is 6.17. The number of methoxy groups -OCH3 is 1. The molecule has 1 saturated carbocycles. The number of hydrogen-bond acceptors (Lipinski definition) is 2. The van der Waals surface area contributed by atoms with Crippen molar-refractivity contribution in [2.75, 3.05) is 13.0 Å². The molecule has 1 aromatic carbocycles. The second-order valence-corrected chi connectivity index (χ2v) is 6.08. The van der Waals surface area contributed by atoms with E-state index in [9.17, 15) is 4.39 Å². The second kappa shape index (κ2) is 6.22. The summed E-state index contributed by atoms with van der Waals surface area (Å²) in [7, 11) is 1.49. The fraction of sp³-hybridized carbons (Fsp3) is 0.562. The quantitative estimate of drug-likeness (QED) is 0.776. The molecule has 0 spiro atoms. The number of benzene rings is 1. The number of hydrogen-bond donors (Lipinski definition) is 0. The molecule has 0 unspecified atom stereocenters. The lowest BCUT2D eigenvalue weighted by Gasteiger charge is -2.14. The van der Waals surface area contributed by atoms with Crippen molar-refractivity contribution in [2.24, 2.45) is 5.92 Å². The molecule has 0 aliphatic heterocycles. The Hall–Kier alpha value is -1.29. The third-order valence-electron chi connectivity index (χ3n) is 4.33. The van der Waals surface area contributed by atoms with E-state index in [0.29, 0.717) is 23.7 Å². The molecule has 1 aliphatic carbocycles. The van der Waals surface area contributed by atoms with Crippen molar-refractivity contribution in [1.82, 2.24) is 9.55 Å². The van der Waals surface area contributed by atoms with Crippen LogP contribution in [0.1, 0.15) is 31.5 Å². The first kappa shape index (κ1) is 14.6. The molecule has 0 atom stereocenters. The lowest BCUT2D eigenvalue weighted by Crippen LogP contribution is -2.11. The third kappa shape index (κ3) is 2.86. The minimum Gasteiger partial charge on any atom is -0.494 e. The van der Waals surface area contributed by atoms with Crippen LogP contribution in [0.5, 0.6) is 5.75 Å². The number of aromatic nitrogens is 2. The van der Waals surface area contributed by atoms with Crippen LogP contribution in [0.15, 0.2) is 12.1 Å². The molecular formula is C16H20ClFN2O. The topological polar surface area (TPSA) is 27.1 Å². The van der Waals surface area contributed by atoms with E-state index in [0.717, 1.165) is 17.9 Å². The maximum absolute atomic E-state index is 13.9. The molecule has 114 valence electrons. The fourth-order valence-corrected chi connectivity index (χ4v) is 3.43. The van der Waals surface area contributed by atoms with Crippen LogP contribution in [-0.2, 0) is 13.0 Å². The molecule has 0 saturated heterocycles. The first-order valence-corrected chi connectivity index (χ1v) is 8.05. The summed E-state index contributed by atoms with van der Waals surface area (Å²) in [6.45, 7) is 0.942. The molecule has 0 bridgehead atoms. The lowest BCUT2D eigenvalue weighted by atomic mass is 10.1. The van der Waals surface area contributed by atoms with Crippen molar-refractivity contribution in [3.63, 3.8) is 0 Å². The van der Waals surface area contributed by atoms with Crippen LogP contribution < -0.4 is 4.74 Å². The summed E-state index contributed by atoms with van der Waals surface area (Å²) in [5, 5.41) is 0. The van der Waals surface area contributed by atoms with Crippen LogP contribution in [0.2, 0.25) is 0 Å². The highest BCUT2D eigenvalue weighted by Gasteiger charge is 2.20. The largest absolute Gasteiger partial charge is 0.494 e. The fourth-order valence-electron chi connectivity index (χ4n) is 3.26. The number of rotatable bonds is 5. The zero-order chi connectivity index (χ0) is 14.8. The number of nitrogens with zero attached hydrogens (tertiary/aromatic N) is 2. The summed E-state index contributed by atoms with van der Waals surface area (Å²) in [6, 6.07) is 3.21. The first-order chi connectivity index (χ1) is 10.2. The van der Waals surface area contributed by atoms with Gasteiger partial charge in [-0.05, 0) is 18.8 Å². The van der Waals surface area contributed by atoms with E-state index in [1.54, 1.807) is 6.07 Å². The molecule has 1 heterocycles. The van der Waals surface area contributed by atoms with Gasteiger partial charge in [-0.15, -0.1) is 11.6 Å². The Labute approximate surface area is 129 Å². The van der Waals surface area contributed by atoms with Gasteiger partial charge < -0.3 is 9.30 Å². The summed E-state index contributed by atoms with van der Waals surface area (Å²) in [5.41, 5.74) is 1.63. The van der Waals surface area contributed by atoms with Gasteiger partial charge in [-0.2, -0.15) is 0 Å². The molecule has 0 amide bonds. The van der Waals surface area contributed by atoms with Crippen LogP contribution >= 0.6 is 11.6 Å². The van der Waals surface area contributed by atoms with Gasteiger partial charge in [0.1, 0.15) is 5.82 Å². The summed E-state index contributed by atoms with van der Waals surface area (Å²) < 4.78 is 21.2. The molecule has 0 radical (unpaired) electrons. The summed E-state index contributed by atoms with van der Waals surface area (Å²) in [5.74, 6) is 2.06. The third-order valence-corrected chi connectivity index (χ3v) is 4.52. The van der Waals surface area contributed by atoms with Gasteiger partial charge >= 0.3 is 0 Å². The summed E-state index contributed by atoms with van der Waals surface area (Å²) >= 11 is 5.89. The van der Waals surface area contributed by atoms with Crippen molar-refractivity contribution in [2.45, 2.75) is 38.6 Å². The molecule has 3 nitrogen and oxygen atoms in total. The maximum Gasteiger partial charge on any atom is 0.167 e. The van der Waals surface area contributed by atoms with Crippen molar-refractivity contribution in [1.29, 1.82) is 0 Å². The zero-order valence-corrected chi connectivity index (χ0v) is 13.0. The molecule has 1 fully saturated rings. The normalized spacial score (nSPS) is 16.0. The van der Waals surface area contributed by atoms with Gasteiger partial charge in [0.15, 0.2) is 11.6 Å². The van der Waals surface area contributed by atoms with Gasteiger partial charge in [0.05, 0.1) is 18.1 Å². The number of alkyl halides is 1. The number of imidazole rings is 1. The van der Waals surface area contributed by atoms with E-state index in [1.807, 2.05) is 0 Å². The number of fused-ring (bicyclic) bond motifs is 1. The molecular weight excluding hydrogens is 291 g/mol. The van der Waals surface area contributed by atoms with Crippen LogP contribution in [0.4, 0.5) is 4.39 Å². The number of aryl methyl sites for hydroxylation is 1. The van der Waals surface area contributed by atoms with Crippen molar-refractivity contribution in [3.05, 3.63) is 23.8 Å². The molecule has 5 heteroatoms. The van der Waals surface area contributed by atoms with Gasteiger partial charge in [-0.3, -0.25) is 0 Å². The van der Waals surface area contributed by atoms with E-state index in [-0.39, 0.29) is 11.6 Å². The Morgan fingerprint density at radius 1 is 1.38 bits per heavy atom. The standard InChI is InChI=1S/C16H20ClFN2O/c1-21-15-9-14-13(8-12(15)18)19-16(6-7-17)20(14)10-11-4-2-3-5-11/h8-9,11H,2-7,10H2,1H3. The monoisotopic (exact) mass is 310 g/mol. The molecule has 2 aromatic rings. The predicted octanol–water partition coefficient (Wildman–Crippen LogP) is 4.16. The Bertz CT molecular complexity index is 635. The Morgan fingerprint density at radius 2 is 2.14 bits per heavy atom. The average molecular weight is 311 g/mol. The van der Waals surface area contributed by atoms with Crippen LogP contribution in [-0.4, -0.2) is 22.5 Å². The van der Waals surface area contributed by atoms with Gasteiger partial charge in [-0.25, -0.2) is 9.37 Å².